The third-order valence-electron chi connectivity index (χ3n) is 2.58. The molecule has 100 valence electrons. The summed E-state index contributed by atoms with van der Waals surface area (Å²) in [6.07, 6.45) is 0.797. The maximum Gasteiger partial charge on any atom is 0.349 e. The van der Waals surface area contributed by atoms with Crippen LogP contribution in [0.15, 0.2) is 30.3 Å². The maximum absolute atomic E-state index is 11.1. The summed E-state index contributed by atoms with van der Waals surface area (Å²) in [6, 6.07) is 9.10. The second-order valence-electron chi connectivity index (χ2n) is 3.98. The van der Waals surface area contributed by atoms with Crippen LogP contribution in [0.25, 0.3) is 0 Å². The van der Waals surface area contributed by atoms with Gasteiger partial charge < -0.3 is 9.84 Å². The number of carboxylic acids is 1. The summed E-state index contributed by atoms with van der Waals surface area (Å²) in [6.45, 7) is 2.29. The largest absolute Gasteiger partial charge is 0.487 e. The van der Waals surface area contributed by atoms with E-state index in [0.29, 0.717) is 17.4 Å². The topological polar surface area (TPSA) is 46.5 Å². The van der Waals surface area contributed by atoms with Crippen LogP contribution in [0.5, 0.6) is 5.75 Å². The Morgan fingerprint density at radius 2 is 2.21 bits per heavy atom. The second kappa shape index (κ2) is 6.08. The van der Waals surface area contributed by atoms with Crippen LogP contribution in [0, 0.1) is 0 Å². The monoisotopic (exact) mass is 296 g/mol. The summed E-state index contributed by atoms with van der Waals surface area (Å²) in [4.78, 5) is 12.4. The lowest BCUT2D eigenvalue weighted by Crippen LogP contribution is -1.99. The van der Waals surface area contributed by atoms with E-state index >= 15 is 0 Å². The summed E-state index contributed by atoms with van der Waals surface area (Å²) in [7, 11) is 0. The van der Waals surface area contributed by atoms with Gasteiger partial charge in [0.2, 0.25) is 0 Å². The molecule has 0 spiro atoms. The second-order valence-corrected chi connectivity index (χ2v) is 5.56. The van der Waals surface area contributed by atoms with E-state index < -0.39 is 5.97 Å². The summed E-state index contributed by atoms with van der Waals surface area (Å²) in [5, 5.41) is 9.76. The highest BCUT2D eigenvalue weighted by Crippen LogP contribution is 2.30. The molecule has 1 aromatic carbocycles. The van der Waals surface area contributed by atoms with Crippen molar-refractivity contribution in [3.63, 3.8) is 0 Å². The lowest BCUT2D eigenvalue weighted by molar-refractivity contribution is 0.0697. The molecular weight excluding hydrogens is 284 g/mol. The van der Waals surface area contributed by atoms with Gasteiger partial charge in [0.05, 0.1) is 0 Å². The zero-order valence-electron chi connectivity index (χ0n) is 10.4. The van der Waals surface area contributed by atoms with Crippen molar-refractivity contribution < 1.29 is 14.6 Å². The lowest BCUT2D eigenvalue weighted by atomic mass is 10.2. The first-order valence-electron chi connectivity index (χ1n) is 5.83. The van der Waals surface area contributed by atoms with Gasteiger partial charge in [0.1, 0.15) is 12.4 Å². The summed E-state index contributed by atoms with van der Waals surface area (Å²) in [5.41, 5.74) is 0.910. The molecule has 2 aromatic rings. The number of aromatic carboxylic acids is 1. The standard InChI is InChI=1S/C14H13ClO3S/c1-2-11-7-12(13(19-11)14(16)17)18-8-9-4-3-5-10(15)6-9/h3-7H,2,8H2,1H3,(H,16,17). The average Bonchev–Trinajstić information content (AvgIpc) is 2.80. The summed E-state index contributed by atoms with van der Waals surface area (Å²) >= 11 is 7.14. The van der Waals surface area contributed by atoms with E-state index in [4.69, 9.17) is 21.4 Å². The molecule has 0 aliphatic carbocycles. The lowest BCUT2D eigenvalue weighted by Gasteiger charge is -2.05. The van der Waals surface area contributed by atoms with E-state index in [1.165, 1.54) is 11.3 Å². The highest BCUT2D eigenvalue weighted by atomic mass is 35.5. The van der Waals surface area contributed by atoms with Gasteiger partial charge in [-0.05, 0) is 30.2 Å². The zero-order valence-corrected chi connectivity index (χ0v) is 11.9. The number of thiophene rings is 1. The highest BCUT2D eigenvalue weighted by Gasteiger charge is 2.16. The molecule has 5 heteroatoms. The SMILES string of the molecule is CCc1cc(OCc2cccc(Cl)c2)c(C(=O)O)s1. The Morgan fingerprint density at radius 1 is 1.42 bits per heavy atom. The molecular formula is C14H13ClO3S. The first-order chi connectivity index (χ1) is 9.10. The Labute approximate surface area is 120 Å². The number of benzene rings is 1. The molecule has 2 rings (SSSR count). The van der Waals surface area contributed by atoms with Crippen molar-refractivity contribution >= 4 is 28.9 Å². The molecule has 1 heterocycles. The number of carbonyl (C=O) groups is 1. The molecule has 1 N–H and O–H groups in total. The quantitative estimate of drug-likeness (QED) is 0.897. The van der Waals surface area contributed by atoms with Gasteiger partial charge in [-0.2, -0.15) is 0 Å². The molecule has 0 unspecified atom stereocenters. The van der Waals surface area contributed by atoms with Crippen LogP contribution in [0.4, 0.5) is 0 Å². The third kappa shape index (κ3) is 3.49. The molecule has 0 bridgehead atoms. The normalized spacial score (nSPS) is 10.4. The zero-order chi connectivity index (χ0) is 13.8. The van der Waals surface area contributed by atoms with Crippen molar-refractivity contribution in [3.05, 3.63) is 50.7 Å². The van der Waals surface area contributed by atoms with Crippen molar-refractivity contribution in [2.75, 3.05) is 0 Å². The van der Waals surface area contributed by atoms with Gasteiger partial charge in [-0.25, -0.2) is 4.79 Å². The number of hydrogen-bond donors (Lipinski definition) is 1. The number of hydrogen-bond acceptors (Lipinski definition) is 3. The molecule has 0 atom stereocenters. The fraction of sp³-hybridized carbons (Fsp3) is 0.214. The predicted octanol–water partition coefficient (Wildman–Crippen LogP) is 4.24. The Hall–Kier alpha value is -1.52. The van der Waals surface area contributed by atoms with E-state index in [2.05, 4.69) is 0 Å². The van der Waals surface area contributed by atoms with Gasteiger partial charge in [0.25, 0.3) is 0 Å². The molecule has 0 amide bonds. The first kappa shape index (κ1) is 13.9. The van der Waals surface area contributed by atoms with Crippen LogP contribution < -0.4 is 4.74 Å². The summed E-state index contributed by atoms with van der Waals surface area (Å²) in [5.74, 6) is -0.528. The Bertz CT molecular complexity index is 592. The number of rotatable bonds is 5. The van der Waals surface area contributed by atoms with Gasteiger partial charge in [0.15, 0.2) is 4.88 Å². The van der Waals surface area contributed by atoms with Crippen LogP contribution >= 0.6 is 22.9 Å². The van der Waals surface area contributed by atoms with E-state index in [0.717, 1.165) is 16.9 Å². The van der Waals surface area contributed by atoms with Crippen LogP contribution in [0.1, 0.15) is 27.0 Å². The van der Waals surface area contributed by atoms with Crippen LogP contribution in [-0.2, 0) is 13.0 Å². The number of ether oxygens (including phenoxy) is 1. The predicted molar refractivity (Wildman–Crippen MR) is 76.4 cm³/mol. The average molecular weight is 297 g/mol. The van der Waals surface area contributed by atoms with E-state index in [9.17, 15) is 4.79 Å². The number of halogens is 1. The van der Waals surface area contributed by atoms with E-state index in [1.54, 1.807) is 18.2 Å². The van der Waals surface area contributed by atoms with Crippen molar-refractivity contribution in [3.8, 4) is 5.75 Å². The Balaban J connectivity index is 2.14. The van der Waals surface area contributed by atoms with Crippen molar-refractivity contribution in [1.29, 1.82) is 0 Å². The highest BCUT2D eigenvalue weighted by molar-refractivity contribution is 7.14. The molecule has 0 fully saturated rings. The Kier molecular flexibility index (Phi) is 4.45. The van der Waals surface area contributed by atoms with Crippen LogP contribution in [-0.4, -0.2) is 11.1 Å². The fourth-order valence-electron chi connectivity index (χ4n) is 1.64. The minimum absolute atomic E-state index is 0.249. The van der Waals surface area contributed by atoms with E-state index in [-0.39, 0.29) is 4.88 Å². The molecule has 3 nitrogen and oxygen atoms in total. The molecule has 1 aromatic heterocycles. The number of carboxylic acid groups (broad SMARTS) is 1. The number of aryl methyl sites for hydroxylation is 1. The smallest absolute Gasteiger partial charge is 0.349 e. The van der Waals surface area contributed by atoms with Gasteiger partial charge in [-0.1, -0.05) is 30.7 Å². The first-order valence-corrected chi connectivity index (χ1v) is 7.03. The van der Waals surface area contributed by atoms with Crippen LogP contribution in [0.2, 0.25) is 5.02 Å². The molecule has 0 aliphatic rings. The Morgan fingerprint density at radius 3 is 2.84 bits per heavy atom. The van der Waals surface area contributed by atoms with Crippen molar-refractivity contribution in [2.45, 2.75) is 20.0 Å². The minimum atomic E-state index is -0.953. The molecule has 0 saturated heterocycles. The third-order valence-corrected chi connectivity index (χ3v) is 4.06. The molecule has 0 aliphatic heterocycles. The van der Waals surface area contributed by atoms with Crippen molar-refractivity contribution in [2.24, 2.45) is 0 Å². The maximum atomic E-state index is 11.1. The van der Waals surface area contributed by atoms with Crippen molar-refractivity contribution in [1.82, 2.24) is 0 Å². The van der Waals surface area contributed by atoms with Gasteiger partial charge in [-0.15, -0.1) is 11.3 Å². The van der Waals surface area contributed by atoms with Crippen LogP contribution in [0.3, 0.4) is 0 Å². The fourth-order valence-corrected chi connectivity index (χ4v) is 2.73. The van der Waals surface area contributed by atoms with Gasteiger partial charge in [-0.3, -0.25) is 0 Å². The van der Waals surface area contributed by atoms with Gasteiger partial charge in [0, 0.05) is 9.90 Å². The molecule has 0 radical (unpaired) electrons. The summed E-state index contributed by atoms with van der Waals surface area (Å²) < 4.78 is 5.59. The molecule has 0 saturated carbocycles. The van der Waals surface area contributed by atoms with Gasteiger partial charge >= 0.3 is 5.97 Å². The molecule has 19 heavy (non-hydrogen) atoms. The van der Waals surface area contributed by atoms with E-state index in [1.807, 2.05) is 19.1 Å². The minimum Gasteiger partial charge on any atom is -0.487 e.